The van der Waals surface area contributed by atoms with E-state index >= 15 is 0 Å². The SMILES string of the molecule is CCCCCCCOCc1cn([C@H]2C[C@@H](I)[C@@H](CO[Si](c3ccccc3)(c3ccccc3)C(C)(C)C)O2)c(=O)[nH]c1=O. The molecule has 9 heteroatoms. The lowest BCUT2D eigenvalue weighted by Gasteiger charge is -2.43. The first-order valence-corrected chi connectivity index (χ1v) is 18.3. The molecule has 0 aliphatic carbocycles. The fraction of sp³-hybridized carbons (Fsp3) is 0.515. The van der Waals surface area contributed by atoms with E-state index < -0.39 is 25.8 Å². The van der Waals surface area contributed by atoms with Crippen molar-refractivity contribution in [3.63, 3.8) is 0 Å². The normalized spacial score (nSPS) is 19.3. The minimum atomic E-state index is -2.72. The summed E-state index contributed by atoms with van der Waals surface area (Å²) < 4.78 is 21.0. The quantitative estimate of drug-likeness (QED) is 0.101. The first-order chi connectivity index (χ1) is 20.2. The summed E-state index contributed by atoms with van der Waals surface area (Å²) in [5, 5.41) is 2.29. The number of nitrogens with one attached hydrogen (secondary N) is 1. The van der Waals surface area contributed by atoms with Crippen molar-refractivity contribution in [1.82, 2.24) is 9.55 Å². The maximum Gasteiger partial charge on any atom is 0.330 e. The van der Waals surface area contributed by atoms with Gasteiger partial charge >= 0.3 is 5.69 Å². The molecule has 42 heavy (non-hydrogen) atoms. The van der Waals surface area contributed by atoms with Crippen LogP contribution in [-0.4, -0.2) is 41.1 Å². The predicted molar refractivity (Wildman–Crippen MR) is 180 cm³/mol. The van der Waals surface area contributed by atoms with Crippen LogP contribution < -0.4 is 21.6 Å². The molecular formula is C33H45IN2O5Si. The van der Waals surface area contributed by atoms with Crippen LogP contribution in [0.15, 0.2) is 76.4 Å². The summed E-state index contributed by atoms with van der Waals surface area (Å²) >= 11 is 2.40. The third-order valence-corrected chi connectivity index (χ3v) is 14.4. The van der Waals surface area contributed by atoms with E-state index in [0.717, 1.165) is 12.8 Å². The van der Waals surface area contributed by atoms with Crippen LogP contribution in [0.25, 0.3) is 0 Å². The lowest BCUT2D eigenvalue weighted by molar-refractivity contribution is -0.0205. The largest absolute Gasteiger partial charge is 0.405 e. The Balaban J connectivity index is 1.50. The molecule has 228 valence electrons. The van der Waals surface area contributed by atoms with Crippen LogP contribution in [0.3, 0.4) is 0 Å². The van der Waals surface area contributed by atoms with E-state index in [9.17, 15) is 9.59 Å². The number of hydrogen-bond acceptors (Lipinski definition) is 5. The fourth-order valence-electron chi connectivity index (χ4n) is 5.81. The molecule has 4 rings (SSSR count). The van der Waals surface area contributed by atoms with E-state index in [0.29, 0.717) is 25.2 Å². The topological polar surface area (TPSA) is 82.6 Å². The second kappa shape index (κ2) is 15.1. The molecule has 3 atom stereocenters. The van der Waals surface area contributed by atoms with Crippen LogP contribution in [-0.2, 0) is 20.5 Å². The Bertz CT molecular complexity index is 1330. The van der Waals surface area contributed by atoms with E-state index in [1.165, 1.54) is 34.2 Å². The molecule has 1 aliphatic rings. The first-order valence-electron chi connectivity index (χ1n) is 15.1. The molecule has 0 unspecified atom stereocenters. The third-order valence-electron chi connectivity index (χ3n) is 8.04. The number of alkyl halides is 1. The first kappa shape index (κ1) is 32.9. The van der Waals surface area contributed by atoms with Crippen molar-refractivity contribution in [1.29, 1.82) is 0 Å². The summed E-state index contributed by atoms with van der Waals surface area (Å²) in [7, 11) is -2.72. The van der Waals surface area contributed by atoms with E-state index in [2.05, 4.69) is 104 Å². The summed E-state index contributed by atoms with van der Waals surface area (Å²) in [6.07, 6.45) is 7.26. The Hall–Kier alpha value is -2.05. The highest BCUT2D eigenvalue weighted by atomic mass is 127. The van der Waals surface area contributed by atoms with Crippen LogP contribution in [0, 0.1) is 0 Å². The molecule has 2 heterocycles. The maximum atomic E-state index is 12.8. The number of halogens is 1. The van der Waals surface area contributed by atoms with Crippen molar-refractivity contribution in [2.24, 2.45) is 0 Å². The molecular weight excluding hydrogens is 659 g/mol. The van der Waals surface area contributed by atoms with Gasteiger partial charge in [0.25, 0.3) is 13.9 Å². The number of H-pyrrole nitrogens is 1. The van der Waals surface area contributed by atoms with Crippen LogP contribution in [0.4, 0.5) is 0 Å². The van der Waals surface area contributed by atoms with Crippen molar-refractivity contribution in [2.45, 2.75) is 94.1 Å². The average Bonchev–Trinajstić information content (AvgIpc) is 3.34. The molecule has 1 aromatic heterocycles. The molecule has 2 aromatic carbocycles. The summed E-state index contributed by atoms with van der Waals surface area (Å²) in [5.74, 6) is 0. The Morgan fingerprint density at radius 3 is 2.19 bits per heavy atom. The number of benzene rings is 2. The van der Waals surface area contributed by atoms with Crippen LogP contribution >= 0.6 is 22.6 Å². The minimum absolute atomic E-state index is 0.132. The lowest BCUT2D eigenvalue weighted by Crippen LogP contribution is -2.67. The predicted octanol–water partition coefficient (Wildman–Crippen LogP) is 5.69. The van der Waals surface area contributed by atoms with Gasteiger partial charge in [-0.1, -0.05) is 137 Å². The van der Waals surface area contributed by atoms with Gasteiger partial charge < -0.3 is 13.9 Å². The second-order valence-corrected chi connectivity index (χ2v) is 18.0. The Morgan fingerprint density at radius 1 is 0.976 bits per heavy atom. The van der Waals surface area contributed by atoms with Crippen molar-refractivity contribution in [3.05, 3.63) is 93.3 Å². The van der Waals surface area contributed by atoms with E-state index in [4.69, 9.17) is 13.9 Å². The van der Waals surface area contributed by atoms with E-state index in [-0.39, 0.29) is 21.7 Å². The minimum Gasteiger partial charge on any atom is -0.405 e. The number of unbranched alkanes of at least 4 members (excludes halogenated alkanes) is 4. The Labute approximate surface area is 264 Å². The molecule has 0 spiro atoms. The molecule has 7 nitrogen and oxygen atoms in total. The van der Waals surface area contributed by atoms with Crippen LogP contribution in [0.5, 0.6) is 0 Å². The number of aromatic amines is 1. The zero-order valence-corrected chi connectivity index (χ0v) is 28.5. The number of hydrogen-bond donors (Lipinski definition) is 1. The highest BCUT2D eigenvalue weighted by molar-refractivity contribution is 14.1. The van der Waals surface area contributed by atoms with Gasteiger partial charge in [-0.05, 0) is 21.8 Å². The zero-order valence-electron chi connectivity index (χ0n) is 25.3. The summed E-state index contributed by atoms with van der Waals surface area (Å²) in [4.78, 5) is 27.8. The smallest absolute Gasteiger partial charge is 0.330 e. The molecule has 0 saturated carbocycles. The number of ether oxygens (including phenoxy) is 2. The molecule has 0 radical (unpaired) electrons. The summed E-state index contributed by atoms with van der Waals surface area (Å²) in [6.45, 7) is 10.1. The van der Waals surface area contributed by atoms with E-state index in [1.807, 2.05) is 12.1 Å². The van der Waals surface area contributed by atoms with Gasteiger partial charge in [-0.3, -0.25) is 14.3 Å². The van der Waals surface area contributed by atoms with Gasteiger partial charge in [0.1, 0.15) is 6.23 Å². The molecule has 1 saturated heterocycles. The molecule has 1 aliphatic heterocycles. The fourth-order valence-corrected chi connectivity index (χ4v) is 11.2. The lowest BCUT2D eigenvalue weighted by atomic mass is 10.2. The maximum absolute atomic E-state index is 12.8. The average molecular weight is 705 g/mol. The Kier molecular flexibility index (Phi) is 11.8. The molecule has 1 fully saturated rings. The molecule has 0 bridgehead atoms. The van der Waals surface area contributed by atoms with Gasteiger partial charge in [0.2, 0.25) is 0 Å². The van der Waals surface area contributed by atoms with Gasteiger partial charge in [-0.2, -0.15) is 0 Å². The summed E-state index contributed by atoms with van der Waals surface area (Å²) in [5.41, 5.74) is -0.438. The third kappa shape index (κ3) is 7.71. The van der Waals surface area contributed by atoms with Crippen molar-refractivity contribution in [3.8, 4) is 0 Å². The van der Waals surface area contributed by atoms with Crippen molar-refractivity contribution in [2.75, 3.05) is 13.2 Å². The highest BCUT2D eigenvalue weighted by Gasteiger charge is 2.51. The van der Waals surface area contributed by atoms with Gasteiger partial charge in [0.15, 0.2) is 0 Å². The monoisotopic (exact) mass is 704 g/mol. The van der Waals surface area contributed by atoms with Crippen molar-refractivity contribution < 1.29 is 13.9 Å². The zero-order chi connectivity index (χ0) is 30.2. The Morgan fingerprint density at radius 2 is 1.60 bits per heavy atom. The van der Waals surface area contributed by atoms with Gasteiger partial charge in [-0.15, -0.1) is 0 Å². The van der Waals surface area contributed by atoms with Gasteiger partial charge in [0.05, 0.1) is 24.9 Å². The standard InChI is InChI=1S/C33H45IN2O5Si/c1-5-6-7-8-15-20-39-23-25-22-36(32(38)35-31(25)37)30-21-28(34)29(41-30)24-40-42(33(2,3)4,26-16-11-9-12-17-26)27-18-13-10-14-19-27/h9-14,16-19,22,28-30H,5-8,15,20-21,23-24H2,1-4H3,(H,35,37,38)/t28-,29-,30-/m1/s1. The van der Waals surface area contributed by atoms with E-state index in [1.54, 1.807) is 6.20 Å². The van der Waals surface area contributed by atoms with Crippen LogP contribution in [0.1, 0.15) is 78.0 Å². The molecule has 1 N–H and O–H groups in total. The van der Waals surface area contributed by atoms with Crippen molar-refractivity contribution >= 4 is 41.3 Å². The summed E-state index contributed by atoms with van der Waals surface area (Å²) in [6, 6.07) is 21.1. The van der Waals surface area contributed by atoms with Crippen LogP contribution in [0.2, 0.25) is 5.04 Å². The molecule has 0 amide bonds. The highest BCUT2D eigenvalue weighted by Crippen LogP contribution is 2.39. The number of aromatic nitrogens is 2. The van der Waals surface area contributed by atoms with Gasteiger partial charge in [0, 0.05) is 23.1 Å². The number of nitrogens with zero attached hydrogens (tertiary/aromatic N) is 1. The second-order valence-electron chi connectivity index (χ2n) is 12.1. The number of rotatable bonds is 14. The molecule has 3 aromatic rings. The van der Waals surface area contributed by atoms with Gasteiger partial charge in [-0.25, -0.2) is 4.79 Å².